The van der Waals surface area contributed by atoms with Crippen molar-refractivity contribution in [3.63, 3.8) is 0 Å². The Kier molecular flexibility index (Phi) is 6.98. The van der Waals surface area contributed by atoms with E-state index in [-0.39, 0.29) is 54.8 Å². The fourth-order valence-electron chi connectivity index (χ4n) is 3.10. The number of ketones is 1. The maximum Gasteiger partial charge on any atom is 0.412 e. The molecule has 0 saturated heterocycles. The number of carbonyl (C=O) groups is 3. The van der Waals surface area contributed by atoms with Crippen LogP contribution in [0.3, 0.4) is 0 Å². The minimum Gasteiger partial charge on any atom is -0.507 e. The number of ether oxygens (including phenoxy) is 1. The third-order valence-electron chi connectivity index (χ3n) is 4.70. The zero-order valence-electron chi connectivity index (χ0n) is 17.0. The highest BCUT2D eigenvalue weighted by molar-refractivity contribution is 7.18. The van der Waals surface area contributed by atoms with Gasteiger partial charge in [0.25, 0.3) is 0 Å². The van der Waals surface area contributed by atoms with Crippen LogP contribution in [0.25, 0.3) is 5.76 Å². The van der Waals surface area contributed by atoms with Gasteiger partial charge in [0.2, 0.25) is 11.7 Å². The van der Waals surface area contributed by atoms with Crippen LogP contribution in [0.5, 0.6) is 0 Å². The van der Waals surface area contributed by atoms with E-state index in [2.05, 4.69) is 15.3 Å². The first-order valence-electron chi connectivity index (χ1n) is 9.57. The highest BCUT2D eigenvalue weighted by Crippen LogP contribution is 2.35. The lowest BCUT2D eigenvalue weighted by atomic mass is 9.93. The SMILES string of the molecule is CCN(C(=O)O)c1ccc(C(O)=C2CCc3nc(NC(=O)CCOC)sc3C2=O)cn1. The summed E-state index contributed by atoms with van der Waals surface area (Å²) in [5.74, 6) is -0.580. The van der Waals surface area contributed by atoms with Crippen molar-refractivity contribution >= 4 is 45.8 Å². The van der Waals surface area contributed by atoms with Crippen molar-refractivity contribution in [2.24, 2.45) is 0 Å². The molecule has 0 radical (unpaired) electrons. The highest BCUT2D eigenvalue weighted by Gasteiger charge is 2.29. The van der Waals surface area contributed by atoms with Crippen molar-refractivity contribution in [1.82, 2.24) is 9.97 Å². The Bertz CT molecular complexity index is 1030. The second-order valence-corrected chi connectivity index (χ2v) is 7.67. The Morgan fingerprint density at radius 1 is 1.29 bits per heavy atom. The molecule has 2 aromatic rings. The van der Waals surface area contributed by atoms with Gasteiger partial charge >= 0.3 is 6.09 Å². The molecule has 0 bridgehead atoms. The molecule has 11 heteroatoms. The van der Waals surface area contributed by atoms with E-state index in [0.29, 0.717) is 27.7 Å². The topological polar surface area (TPSA) is 142 Å². The van der Waals surface area contributed by atoms with E-state index in [1.165, 1.54) is 25.4 Å². The van der Waals surface area contributed by atoms with Crippen molar-refractivity contribution in [1.29, 1.82) is 0 Å². The average Bonchev–Trinajstić information content (AvgIpc) is 3.16. The molecular formula is C20H22N4O6S. The molecule has 1 aliphatic carbocycles. The minimum atomic E-state index is -1.13. The van der Waals surface area contributed by atoms with Crippen LogP contribution in [0.1, 0.15) is 40.7 Å². The molecule has 2 amide bonds. The van der Waals surface area contributed by atoms with E-state index < -0.39 is 6.09 Å². The van der Waals surface area contributed by atoms with E-state index >= 15 is 0 Å². The van der Waals surface area contributed by atoms with Gasteiger partial charge in [0, 0.05) is 31.0 Å². The van der Waals surface area contributed by atoms with Crippen molar-refractivity contribution in [3.05, 3.63) is 40.0 Å². The summed E-state index contributed by atoms with van der Waals surface area (Å²) in [5.41, 5.74) is 1.13. The molecule has 0 aliphatic heterocycles. The van der Waals surface area contributed by atoms with Gasteiger partial charge in [-0.25, -0.2) is 14.8 Å². The molecule has 0 fully saturated rings. The second-order valence-electron chi connectivity index (χ2n) is 6.67. The van der Waals surface area contributed by atoms with Gasteiger partial charge in [0.15, 0.2) is 5.13 Å². The summed E-state index contributed by atoms with van der Waals surface area (Å²) in [4.78, 5) is 45.9. The molecule has 0 spiro atoms. The third kappa shape index (κ3) is 4.89. The van der Waals surface area contributed by atoms with Crippen LogP contribution in [0.15, 0.2) is 23.9 Å². The summed E-state index contributed by atoms with van der Waals surface area (Å²) >= 11 is 1.07. The predicted molar refractivity (Wildman–Crippen MR) is 115 cm³/mol. The fourth-order valence-corrected chi connectivity index (χ4v) is 4.10. The summed E-state index contributed by atoms with van der Waals surface area (Å²) in [7, 11) is 1.50. The predicted octanol–water partition coefficient (Wildman–Crippen LogP) is 3.12. The second kappa shape index (κ2) is 9.67. The van der Waals surface area contributed by atoms with Gasteiger partial charge in [-0.3, -0.25) is 14.5 Å². The number of methoxy groups -OCH3 is 1. The lowest BCUT2D eigenvalue weighted by Gasteiger charge is -2.17. The first-order valence-corrected chi connectivity index (χ1v) is 10.4. The van der Waals surface area contributed by atoms with E-state index in [1.54, 1.807) is 6.92 Å². The Morgan fingerprint density at radius 2 is 2.06 bits per heavy atom. The van der Waals surface area contributed by atoms with E-state index in [9.17, 15) is 24.6 Å². The number of anilines is 2. The van der Waals surface area contributed by atoms with Crippen LogP contribution in [0.2, 0.25) is 0 Å². The van der Waals surface area contributed by atoms with Gasteiger partial charge in [-0.1, -0.05) is 11.3 Å². The van der Waals surface area contributed by atoms with Crippen LogP contribution < -0.4 is 10.2 Å². The zero-order chi connectivity index (χ0) is 22.5. The normalized spacial score (nSPS) is 14.7. The van der Waals surface area contributed by atoms with Crippen LogP contribution in [-0.4, -0.2) is 58.2 Å². The average molecular weight is 446 g/mol. The number of pyridine rings is 1. The van der Waals surface area contributed by atoms with Crippen molar-refractivity contribution < 1.29 is 29.3 Å². The molecular weight excluding hydrogens is 424 g/mol. The lowest BCUT2D eigenvalue weighted by molar-refractivity contribution is -0.117. The maximum atomic E-state index is 12.9. The molecule has 0 saturated carbocycles. The number of thiazole rings is 1. The molecule has 10 nitrogen and oxygen atoms in total. The first kappa shape index (κ1) is 22.4. The van der Waals surface area contributed by atoms with Crippen LogP contribution in [-0.2, 0) is 16.0 Å². The molecule has 1 aliphatic rings. The number of rotatable bonds is 7. The number of hydrogen-bond acceptors (Lipinski definition) is 8. The molecule has 0 aromatic carbocycles. The highest BCUT2D eigenvalue weighted by atomic mass is 32.1. The molecule has 31 heavy (non-hydrogen) atoms. The van der Waals surface area contributed by atoms with Gasteiger partial charge in [-0.05, 0) is 31.9 Å². The lowest BCUT2D eigenvalue weighted by Crippen LogP contribution is -2.29. The molecule has 3 rings (SSSR count). The number of allylic oxidation sites excluding steroid dienone is 1. The van der Waals surface area contributed by atoms with Crippen molar-refractivity contribution in [2.75, 3.05) is 30.5 Å². The number of amides is 2. The number of aliphatic hydroxyl groups excluding tert-OH is 1. The van der Waals surface area contributed by atoms with Gasteiger partial charge in [-0.15, -0.1) is 0 Å². The Labute approximate surface area is 182 Å². The van der Waals surface area contributed by atoms with E-state index in [0.717, 1.165) is 16.2 Å². The Balaban J connectivity index is 1.81. The number of nitrogens with zero attached hydrogens (tertiary/aromatic N) is 3. The molecule has 2 aromatic heterocycles. The molecule has 0 unspecified atom stereocenters. The third-order valence-corrected chi connectivity index (χ3v) is 5.71. The van der Waals surface area contributed by atoms with Gasteiger partial charge in [0.05, 0.1) is 18.7 Å². The number of hydrogen-bond donors (Lipinski definition) is 3. The smallest absolute Gasteiger partial charge is 0.412 e. The number of carboxylic acid groups (broad SMARTS) is 1. The molecule has 3 N–H and O–H groups in total. The quantitative estimate of drug-likeness (QED) is 0.435. The Morgan fingerprint density at radius 3 is 2.68 bits per heavy atom. The van der Waals surface area contributed by atoms with Crippen molar-refractivity contribution in [3.8, 4) is 0 Å². The summed E-state index contributed by atoms with van der Waals surface area (Å²) in [6.45, 7) is 2.20. The van der Waals surface area contributed by atoms with Gasteiger partial charge in [0.1, 0.15) is 16.5 Å². The number of aromatic nitrogens is 2. The van der Waals surface area contributed by atoms with Gasteiger partial charge in [-0.2, -0.15) is 0 Å². The molecule has 2 heterocycles. The van der Waals surface area contributed by atoms with Crippen LogP contribution in [0.4, 0.5) is 15.7 Å². The molecule has 164 valence electrons. The van der Waals surface area contributed by atoms with E-state index in [4.69, 9.17) is 4.74 Å². The van der Waals surface area contributed by atoms with E-state index in [1.807, 2.05) is 0 Å². The van der Waals surface area contributed by atoms with Gasteiger partial charge < -0.3 is 20.3 Å². The van der Waals surface area contributed by atoms with Crippen molar-refractivity contribution in [2.45, 2.75) is 26.2 Å². The summed E-state index contributed by atoms with van der Waals surface area (Å²) in [6.07, 6.45) is 1.12. The summed E-state index contributed by atoms with van der Waals surface area (Å²) in [5, 5.41) is 22.8. The number of carbonyl (C=O) groups excluding carboxylic acids is 2. The number of fused-ring (bicyclic) bond motifs is 1. The largest absolute Gasteiger partial charge is 0.507 e. The monoisotopic (exact) mass is 446 g/mol. The number of aryl methyl sites for hydroxylation is 1. The standard InChI is InChI=1S/C20H22N4O6S/c1-3-24(20(28)29)14-7-4-11(10-21-14)16(26)12-5-6-13-18(17(12)27)31-19(22-13)23-15(25)8-9-30-2/h4,7,10,26H,3,5-6,8-9H2,1-2H3,(H,28,29)(H,22,23,25). The Hall–Kier alpha value is -3.31. The number of aliphatic hydroxyl groups is 1. The van der Waals surface area contributed by atoms with Crippen LogP contribution >= 0.6 is 11.3 Å². The van der Waals surface area contributed by atoms with Crippen LogP contribution in [0, 0.1) is 0 Å². The maximum absolute atomic E-state index is 12.9. The fraction of sp³-hybridized carbons (Fsp3) is 0.350. The summed E-state index contributed by atoms with van der Waals surface area (Å²) < 4.78 is 4.87. The number of nitrogens with one attached hydrogen (secondary N) is 1. The molecule has 0 atom stereocenters. The zero-order valence-corrected chi connectivity index (χ0v) is 17.9. The minimum absolute atomic E-state index is 0.182. The first-order chi connectivity index (χ1) is 14.8. The number of Topliss-reactive ketones (excluding diaryl/α,β-unsaturated/α-hetero) is 1. The summed E-state index contributed by atoms with van der Waals surface area (Å²) in [6, 6.07) is 3.00.